The van der Waals surface area contributed by atoms with Gasteiger partial charge in [-0.1, -0.05) is 103 Å². The molecule has 3 nitrogen and oxygen atoms in total. The first-order valence-electron chi connectivity index (χ1n) is 12.9. The van der Waals surface area contributed by atoms with Crippen LogP contribution in [0.5, 0.6) is 0 Å². The molecule has 0 aromatic heterocycles. The molecule has 1 amide bonds. The van der Waals surface area contributed by atoms with Gasteiger partial charge in [-0.3, -0.25) is 9.59 Å². The van der Waals surface area contributed by atoms with Gasteiger partial charge in [0.1, 0.15) is 0 Å². The second kappa shape index (κ2) is 17.8. The SMILES string of the molecule is CCCCCCCCCCCCCCCCN(C(=O)C(F)(F)F)c1ccc(CCC(=O)Cl)cc1. The summed E-state index contributed by atoms with van der Waals surface area (Å²) in [4.78, 5) is 23.7. The van der Waals surface area contributed by atoms with Crippen LogP contribution >= 0.6 is 11.6 Å². The number of nitrogens with zero attached hydrogens (tertiary/aromatic N) is 1. The van der Waals surface area contributed by atoms with Gasteiger partial charge < -0.3 is 4.90 Å². The Morgan fingerprint density at radius 3 is 1.62 bits per heavy atom. The van der Waals surface area contributed by atoms with E-state index in [9.17, 15) is 22.8 Å². The lowest BCUT2D eigenvalue weighted by Crippen LogP contribution is -2.41. The quantitative estimate of drug-likeness (QED) is 0.140. The van der Waals surface area contributed by atoms with Crippen LogP contribution in [0.1, 0.15) is 109 Å². The normalized spacial score (nSPS) is 11.6. The summed E-state index contributed by atoms with van der Waals surface area (Å²) in [5.74, 6) is -1.84. The van der Waals surface area contributed by atoms with Crippen LogP contribution in [0.15, 0.2) is 24.3 Å². The Bertz CT molecular complexity index is 692. The molecule has 0 unspecified atom stereocenters. The molecule has 0 atom stereocenters. The van der Waals surface area contributed by atoms with E-state index in [2.05, 4.69) is 6.92 Å². The number of benzene rings is 1. The first-order chi connectivity index (χ1) is 16.3. The lowest BCUT2D eigenvalue weighted by Gasteiger charge is -2.24. The topological polar surface area (TPSA) is 37.4 Å². The zero-order valence-corrected chi connectivity index (χ0v) is 21.4. The van der Waals surface area contributed by atoms with Crippen molar-refractivity contribution in [1.29, 1.82) is 0 Å². The fraction of sp³-hybridized carbons (Fsp3) is 0.704. The molecule has 34 heavy (non-hydrogen) atoms. The first kappa shape index (κ1) is 30.5. The largest absolute Gasteiger partial charge is 0.471 e. The lowest BCUT2D eigenvalue weighted by atomic mass is 10.0. The van der Waals surface area contributed by atoms with Gasteiger partial charge in [0.25, 0.3) is 0 Å². The molecule has 0 aliphatic rings. The second-order valence-electron chi connectivity index (χ2n) is 9.07. The van der Waals surface area contributed by atoms with Crippen molar-refractivity contribution in [2.75, 3.05) is 11.4 Å². The van der Waals surface area contributed by atoms with Crippen LogP contribution in [0.25, 0.3) is 0 Å². The summed E-state index contributed by atoms with van der Waals surface area (Å²) in [5.41, 5.74) is 1.01. The van der Waals surface area contributed by atoms with E-state index in [4.69, 9.17) is 11.6 Å². The zero-order chi connectivity index (χ0) is 25.2. The highest BCUT2D eigenvalue weighted by atomic mass is 35.5. The number of unbranched alkanes of at least 4 members (excludes halogenated alkanes) is 13. The van der Waals surface area contributed by atoms with Gasteiger partial charge in [0.15, 0.2) is 0 Å². The molecule has 0 bridgehead atoms. The fourth-order valence-electron chi connectivity index (χ4n) is 4.05. The molecule has 1 aromatic carbocycles. The van der Waals surface area contributed by atoms with Gasteiger partial charge in [-0.15, -0.1) is 0 Å². The van der Waals surface area contributed by atoms with E-state index in [1.54, 1.807) is 12.1 Å². The summed E-state index contributed by atoms with van der Waals surface area (Å²) in [6.45, 7) is 2.27. The third-order valence-corrected chi connectivity index (χ3v) is 6.27. The molecule has 0 aliphatic carbocycles. The maximum Gasteiger partial charge on any atom is 0.471 e. The van der Waals surface area contributed by atoms with Crippen LogP contribution in [-0.2, 0) is 16.0 Å². The molecule has 0 N–H and O–H groups in total. The maximum absolute atomic E-state index is 13.1. The molecule has 1 rings (SSSR count). The van der Waals surface area contributed by atoms with Crippen molar-refractivity contribution in [2.24, 2.45) is 0 Å². The smallest absolute Gasteiger partial charge is 0.305 e. The lowest BCUT2D eigenvalue weighted by molar-refractivity contribution is -0.170. The van der Waals surface area contributed by atoms with E-state index in [-0.39, 0.29) is 18.7 Å². The molecule has 0 fully saturated rings. The molecule has 0 saturated heterocycles. The average Bonchev–Trinajstić information content (AvgIpc) is 2.80. The van der Waals surface area contributed by atoms with E-state index < -0.39 is 17.3 Å². The van der Waals surface area contributed by atoms with Crippen molar-refractivity contribution >= 4 is 28.4 Å². The Labute approximate surface area is 208 Å². The summed E-state index contributed by atoms with van der Waals surface area (Å²) in [5, 5.41) is -0.462. The number of halogens is 4. The minimum atomic E-state index is -4.92. The van der Waals surface area contributed by atoms with Gasteiger partial charge in [0, 0.05) is 18.7 Å². The van der Waals surface area contributed by atoms with Crippen molar-refractivity contribution < 1.29 is 22.8 Å². The van der Waals surface area contributed by atoms with Crippen molar-refractivity contribution in [2.45, 2.75) is 116 Å². The highest BCUT2D eigenvalue weighted by Gasteiger charge is 2.42. The van der Waals surface area contributed by atoms with Crippen molar-refractivity contribution in [3.8, 4) is 0 Å². The standard InChI is InChI=1S/C27H41ClF3NO2/c1-2-3-4-5-6-7-8-9-10-11-12-13-14-15-22-32(26(34)27(29,30)31)24-19-16-23(17-20-24)18-21-25(28)33/h16-17,19-20H,2-15,18,21-22H2,1H3. The summed E-state index contributed by atoms with van der Waals surface area (Å²) in [7, 11) is 0. The Morgan fingerprint density at radius 2 is 1.21 bits per heavy atom. The number of rotatable bonds is 19. The Morgan fingerprint density at radius 1 is 0.765 bits per heavy atom. The average molecular weight is 504 g/mol. The van der Waals surface area contributed by atoms with Crippen LogP contribution < -0.4 is 4.90 Å². The van der Waals surface area contributed by atoms with Gasteiger partial charge >= 0.3 is 12.1 Å². The van der Waals surface area contributed by atoms with Crippen LogP contribution in [0.3, 0.4) is 0 Å². The second-order valence-corrected chi connectivity index (χ2v) is 9.49. The number of hydrogen-bond acceptors (Lipinski definition) is 2. The molecular weight excluding hydrogens is 463 g/mol. The molecule has 7 heteroatoms. The van der Waals surface area contributed by atoms with Gasteiger partial charge in [0.05, 0.1) is 0 Å². The summed E-state index contributed by atoms with van der Waals surface area (Å²) in [6.07, 6.45) is 11.9. The predicted octanol–water partition coefficient (Wildman–Crippen LogP) is 8.76. The van der Waals surface area contributed by atoms with Crippen molar-refractivity contribution in [3.05, 3.63) is 29.8 Å². The molecule has 194 valence electrons. The number of anilines is 1. The van der Waals surface area contributed by atoms with E-state index in [1.165, 1.54) is 69.9 Å². The molecular formula is C27H41ClF3NO2. The predicted molar refractivity (Wildman–Crippen MR) is 134 cm³/mol. The monoisotopic (exact) mass is 503 g/mol. The minimum Gasteiger partial charge on any atom is -0.305 e. The third kappa shape index (κ3) is 14.0. The maximum atomic E-state index is 13.1. The summed E-state index contributed by atoms with van der Waals surface area (Å²) < 4.78 is 39.3. The van der Waals surface area contributed by atoms with Gasteiger partial charge in [-0.2, -0.15) is 13.2 Å². The van der Waals surface area contributed by atoms with Gasteiger partial charge in [-0.05, 0) is 42.1 Å². The van der Waals surface area contributed by atoms with Gasteiger partial charge in [-0.25, -0.2) is 0 Å². The first-order valence-corrected chi connectivity index (χ1v) is 13.3. The third-order valence-electron chi connectivity index (χ3n) is 6.08. The molecule has 1 aromatic rings. The highest BCUT2D eigenvalue weighted by Crippen LogP contribution is 2.25. The number of alkyl halides is 3. The Balaban J connectivity index is 2.32. The van der Waals surface area contributed by atoms with Crippen LogP contribution in [0.2, 0.25) is 0 Å². The Hall–Kier alpha value is -1.56. The number of carbonyl (C=O) groups is 2. The van der Waals surface area contributed by atoms with Crippen LogP contribution in [0, 0.1) is 0 Å². The van der Waals surface area contributed by atoms with E-state index in [1.807, 2.05) is 0 Å². The zero-order valence-electron chi connectivity index (χ0n) is 20.6. The van der Waals surface area contributed by atoms with E-state index >= 15 is 0 Å². The number of amides is 1. The highest BCUT2D eigenvalue weighted by molar-refractivity contribution is 6.63. The molecule has 0 radical (unpaired) electrons. The van der Waals surface area contributed by atoms with E-state index in [0.29, 0.717) is 12.8 Å². The van der Waals surface area contributed by atoms with Gasteiger partial charge in [0.2, 0.25) is 5.24 Å². The number of aryl methyl sites for hydroxylation is 1. The Kier molecular flexibility index (Phi) is 16.0. The number of hydrogen-bond donors (Lipinski definition) is 0. The van der Waals surface area contributed by atoms with E-state index in [0.717, 1.165) is 36.1 Å². The molecule has 0 aliphatic heterocycles. The summed E-state index contributed by atoms with van der Waals surface area (Å²) in [6, 6.07) is 6.27. The number of carbonyl (C=O) groups excluding carboxylic acids is 2. The fourth-order valence-corrected chi connectivity index (χ4v) is 4.15. The van der Waals surface area contributed by atoms with Crippen LogP contribution in [0.4, 0.5) is 18.9 Å². The van der Waals surface area contributed by atoms with Crippen molar-refractivity contribution in [1.82, 2.24) is 0 Å². The summed E-state index contributed by atoms with van der Waals surface area (Å²) >= 11 is 5.33. The van der Waals surface area contributed by atoms with Crippen LogP contribution in [-0.4, -0.2) is 23.9 Å². The molecule has 0 spiro atoms. The molecule has 0 heterocycles. The minimum absolute atomic E-state index is 0.0376. The molecule has 0 saturated carbocycles. The van der Waals surface area contributed by atoms with Crippen molar-refractivity contribution in [3.63, 3.8) is 0 Å².